The van der Waals surface area contributed by atoms with Crippen molar-refractivity contribution in [2.24, 2.45) is 0 Å². The van der Waals surface area contributed by atoms with Crippen LogP contribution >= 0.6 is 11.9 Å². The number of ether oxygens (including phenoxy) is 1. The Balaban J connectivity index is 1.26. The highest BCUT2D eigenvalue weighted by atomic mass is 32.2. The van der Waals surface area contributed by atoms with E-state index in [0.29, 0.717) is 5.82 Å². The third-order valence-corrected chi connectivity index (χ3v) is 6.79. The van der Waals surface area contributed by atoms with Gasteiger partial charge in [-0.2, -0.15) is 5.10 Å². The normalized spacial score (nSPS) is 19.3. The minimum Gasteiger partial charge on any atom is -0.382 e. The van der Waals surface area contributed by atoms with Crippen molar-refractivity contribution in [3.63, 3.8) is 0 Å². The van der Waals surface area contributed by atoms with Gasteiger partial charge in [0, 0.05) is 18.0 Å². The molecule has 1 aliphatic rings. The van der Waals surface area contributed by atoms with Crippen molar-refractivity contribution in [2.75, 3.05) is 18.8 Å². The number of nitrogens with zero attached hydrogens (tertiary/aromatic N) is 4. The zero-order valence-electron chi connectivity index (χ0n) is 16.9. The number of rotatable bonds is 6. The minimum absolute atomic E-state index is 0.0381. The van der Waals surface area contributed by atoms with Crippen LogP contribution in [0.2, 0.25) is 0 Å². The van der Waals surface area contributed by atoms with Crippen LogP contribution in [0, 0.1) is 0 Å². The molecule has 30 heavy (non-hydrogen) atoms. The van der Waals surface area contributed by atoms with E-state index in [1.165, 1.54) is 22.0 Å². The molecule has 2 atom stereocenters. The van der Waals surface area contributed by atoms with Crippen molar-refractivity contribution >= 4 is 34.1 Å². The van der Waals surface area contributed by atoms with E-state index in [1.54, 1.807) is 11.9 Å². The van der Waals surface area contributed by atoms with E-state index in [4.69, 9.17) is 10.5 Å². The summed E-state index contributed by atoms with van der Waals surface area (Å²) in [5.41, 5.74) is 7.85. The fourth-order valence-electron chi connectivity index (χ4n) is 4.11. The maximum atomic E-state index is 6.42. The molecule has 0 spiro atoms. The number of anilines is 1. The van der Waals surface area contributed by atoms with Crippen molar-refractivity contribution in [1.29, 1.82) is 0 Å². The van der Waals surface area contributed by atoms with Crippen LogP contribution < -0.4 is 5.73 Å². The number of hydrogen-bond donors (Lipinski definition) is 1. The highest BCUT2D eigenvalue weighted by Gasteiger charge is 2.30. The van der Waals surface area contributed by atoms with Crippen LogP contribution in [0.4, 0.5) is 5.82 Å². The van der Waals surface area contributed by atoms with Crippen molar-refractivity contribution in [3.05, 3.63) is 66.6 Å². The standard InChI is InChI=1S/C23H25N5OS/c1-2-27(30-19-9-7-16-5-3-4-6-17(16)13-19)14-18-8-12-22(29-18)20-10-11-21-23(24)25-15-26-28(20)21/h3-7,9-11,13,15,18,22H,2,8,12,14H2,1H3,(H2,24,25,26). The molecule has 2 aromatic heterocycles. The maximum Gasteiger partial charge on any atom is 0.151 e. The van der Waals surface area contributed by atoms with Crippen molar-refractivity contribution in [3.8, 4) is 0 Å². The molecule has 1 saturated heterocycles. The molecule has 154 valence electrons. The van der Waals surface area contributed by atoms with Crippen LogP contribution in [-0.2, 0) is 4.74 Å². The summed E-state index contributed by atoms with van der Waals surface area (Å²) < 4.78 is 10.7. The van der Waals surface area contributed by atoms with Gasteiger partial charge in [-0.15, -0.1) is 0 Å². The molecule has 1 aliphatic heterocycles. The lowest BCUT2D eigenvalue weighted by molar-refractivity contribution is 0.0332. The van der Waals surface area contributed by atoms with Crippen LogP contribution in [-0.4, -0.2) is 38.1 Å². The molecular formula is C23H25N5OS. The summed E-state index contributed by atoms with van der Waals surface area (Å²) in [6, 6.07) is 19.2. The third-order valence-electron chi connectivity index (χ3n) is 5.66. The molecule has 7 heteroatoms. The van der Waals surface area contributed by atoms with Gasteiger partial charge in [-0.25, -0.2) is 13.8 Å². The number of fused-ring (bicyclic) bond motifs is 2. The summed E-state index contributed by atoms with van der Waals surface area (Å²) in [6.07, 6.45) is 3.76. The predicted molar refractivity (Wildman–Crippen MR) is 121 cm³/mol. The van der Waals surface area contributed by atoms with Crippen LogP contribution in [0.3, 0.4) is 0 Å². The summed E-state index contributed by atoms with van der Waals surface area (Å²) in [5.74, 6) is 0.495. The van der Waals surface area contributed by atoms with Gasteiger partial charge in [0.05, 0.1) is 11.8 Å². The molecule has 2 unspecified atom stereocenters. The maximum absolute atomic E-state index is 6.42. The molecule has 2 aromatic carbocycles. The van der Waals surface area contributed by atoms with Crippen LogP contribution in [0.5, 0.6) is 0 Å². The highest BCUT2D eigenvalue weighted by molar-refractivity contribution is 7.97. The summed E-state index contributed by atoms with van der Waals surface area (Å²) in [7, 11) is 0. The molecular weight excluding hydrogens is 394 g/mol. The molecule has 3 heterocycles. The zero-order chi connectivity index (χ0) is 20.5. The number of nitrogens with two attached hydrogens (primary N) is 1. The van der Waals surface area contributed by atoms with E-state index in [1.807, 2.05) is 10.6 Å². The Morgan fingerprint density at radius 2 is 2.00 bits per heavy atom. The molecule has 2 N–H and O–H groups in total. The van der Waals surface area contributed by atoms with Gasteiger partial charge in [-0.3, -0.25) is 0 Å². The first-order valence-corrected chi connectivity index (χ1v) is 11.1. The second-order valence-corrected chi connectivity index (χ2v) is 8.78. The van der Waals surface area contributed by atoms with E-state index >= 15 is 0 Å². The minimum atomic E-state index is 0.0381. The van der Waals surface area contributed by atoms with Gasteiger partial charge in [0.15, 0.2) is 5.82 Å². The lowest BCUT2D eigenvalue weighted by Crippen LogP contribution is -2.27. The first-order chi connectivity index (χ1) is 14.7. The first kappa shape index (κ1) is 19.4. The van der Waals surface area contributed by atoms with E-state index < -0.39 is 0 Å². The van der Waals surface area contributed by atoms with Gasteiger partial charge >= 0.3 is 0 Å². The Morgan fingerprint density at radius 1 is 1.13 bits per heavy atom. The average molecular weight is 420 g/mol. The molecule has 6 nitrogen and oxygen atoms in total. The monoisotopic (exact) mass is 419 g/mol. The summed E-state index contributed by atoms with van der Waals surface area (Å²) in [4.78, 5) is 5.33. The largest absolute Gasteiger partial charge is 0.382 e. The fourth-order valence-corrected chi connectivity index (χ4v) is 5.08. The van der Waals surface area contributed by atoms with Gasteiger partial charge in [0.25, 0.3) is 0 Å². The summed E-state index contributed by atoms with van der Waals surface area (Å²) >= 11 is 1.80. The Kier molecular flexibility index (Phi) is 5.33. The van der Waals surface area contributed by atoms with E-state index in [0.717, 1.165) is 37.1 Å². The lowest BCUT2D eigenvalue weighted by Gasteiger charge is -2.23. The quantitative estimate of drug-likeness (QED) is 0.456. The Labute approximate surface area is 180 Å². The van der Waals surface area contributed by atoms with E-state index in [-0.39, 0.29) is 12.2 Å². The average Bonchev–Trinajstić information content (AvgIpc) is 3.40. The molecule has 0 saturated carbocycles. The van der Waals surface area contributed by atoms with Crippen molar-refractivity contribution in [1.82, 2.24) is 18.9 Å². The first-order valence-electron chi connectivity index (χ1n) is 10.4. The second kappa shape index (κ2) is 8.26. The van der Waals surface area contributed by atoms with E-state index in [9.17, 15) is 0 Å². The van der Waals surface area contributed by atoms with Gasteiger partial charge in [0.2, 0.25) is 0 Å². The van der Waals surface area contributed by atoms with Gasteiger partial charge in [-0.1, -0.05) is 37.3 Å². The fraction of sp³-hybridized carbons (Fsp3) is 0.304. The molecule has 0 amide bonds. The number of likely N-dealkylation sites (N-methyl/N-ethyl adjacent to an activating group) is 1. The van der Waals surface area contributed by atoms with E-state index in [2.05, 4.69) is 69.8 Å². The summed E-state index contributed by atoms with van der Waals surface area (Å²) in [6.45, 7) is 4.05. The molecule has 0 aliphatic carbocycles. The molecule has 5 rings (SSSR count). The summed E-state index contributed by atoms with van der Waals surface area (Å²) in [5, 5.41) is 6.91. The SMILES string of the molecule is CCN(CC1CCC(c2ccc3c(N)ncnn23)O1)Sc1ccc2ccccc2c1. The van der Waals surface area contributed by atoms with Crippen molar-refractivity contribution < 1.29 is 4.74 Å². The Morgan fingerprint density at radius 3 is 2.87 bits per heavy atom. The smallest absolute Gasteiger partial charge is 0.151 e. The third kappa shape index (κ3) is 3.76. The molecule has 4 aromatic rings. The van der Waals surface area contributed by atoms with Crippen LogP contribution in [0.15, 0.2) is 65.8 Å². The number of benzene rings is 2. The number of aromatic nitrogens is 3. The highest BCUT2D eigenvalue weighted by Crippen LogP contribution is 2.35. The number of hydrogen-bond acceptors (Lipinski definition) is 6. The molecule has 1 fully saturated rings. The second-order valence-electron chi connectivity index (χ2n) is 7.61. The number of nitrogen functional groups attached to an aromatic ring is 1. The lowest BCUT2D eigenvalue weighted by atomic mass is 10.1. The Hall–Kier alpha value is -2.61. The van der Waals surface area contributed by atoms with Gasteiger partial charge in [-0.05, 0) is 59.8 Å². The molecule has 0 bridgehead atoms. The zero-order valence-corrected chi connectivity index (χ0v) is 17.8. The Bertz CT molecular complexity index is 1180. The topological polar surface area (TPSA) is 68.7 Å². The van der Waals surface area contributed by atoms with Gasteiger partial charge < -0.3 is 10.5 Å². The van der Waals surface area contributed by atoms with Crippen LogP contribution in [0.1, 0.15) is 31.6 Å². The van der Waals surface area contributed by atoms with Gasteiger partial charge in [0.1, 0.15) is 17.9 Å². The molecule has 0 radical (unpaired) electrons. The van der Waals surface area contributed by atoms with Crippen molar-refractivity contribution in [2.45, 2.75) is 36.9 Å². The predicted octanol–water partition coefficient (Wildman–Crippen LogP) is 4.71. The van der Waals surface area contributed by atoms with Crippen LogP contribution in [0.25, 0.3) is 16.3 Å².